The molecule has 1 aromatic heterocycles. The third kappa shape index (κ3) is 2.32. The topological polar surface area (TPSA) is 89.3 Å². The molecule has 2 aromatic rings. The number of nitrogens with zero attached hydrogens (tertiary/aromatic N) is 2. The van der Waals surface area contributed by atoms with Crippen LogP contribution in [0.4, 0.5) is 0 Å². The van der Waals surface area contributed by atoms with Crippen LogP contribution in [-0.4, -0.2) is 35.5 Å². The van der Waals surface area contributed by atoms with Crippen LogP contribution in [0.1, 0.15) is 21.7 Å². The van der Waals surface area contributed by atoms with Gasteiger partial charge in [0.25, 0.3) is 0 Å². The van der Waals surface area contributed by atoms with Gasteiger partial charge in [-0.15, -0.1) is 0 Å². The van der Waals surface area contributed by atoms with Crippen LogP contribution in [0, 0.1) is 13.8 Å². The van der Waals surface area contributed by atoms with Gasteiger partial charge in [0.05, 0.1) is 22.0 Å². The SMILES string of the molecule is Cc1nn(-c2ccccc2S(C)(=O)=O)c(C)c1C(=O)O. The van der Waals surface area contributed by atoms with Crippen LogP contribution < -0.4 is 0 Å². The summed E-state index contributed by atoms with van der Waals surface area (Å²) in [6.45, 7) is 3.18. The van der Waals surface area contributed by atoms with Gasteiger partial charge < -0.3 is 5.11 Å². The Morgan fingerprint density at radius 2 is 1.85 bits per heavy atom. The molecule has 7 heteroatoms. The maximum Gasteiger partial charge on any atom is 0.339 e. The van der Waals surface area contributed by atoms with E-state index in [2.05, 4.69) is 5.10 Å². The van der Waals surface area contributed by atoms with Gasteiger partial charge in [0, 0.05) is 6.26 Å². The van der Waals surface area contributed by atoms with Crippen molar-refractivity contribution in [1.29, 1.82) is 0 Å². The summed E-state index contributed by atoms with van der Waals surface area (Å²) < 4.78 is 25.0. The van der Waals surface area contributed by atoms with Gasteiger partial charge in [-0.2, -0.15) is 5.10 Å². The van der Waals surface area contributed by atoms with Gasteiger partial charge in [0.2, 0.25) is 0 Å². The number of carboxylic acids is 1. The number of rotatable bonds is 3. The van der Waals surface area contributed by atoms with Crippen LogP contribution in [0.2, 0.25) is 0 Å². The predicted octanol–water partition coefficient (Wildman–Crippen LogP) is 1.59. The van der Waals surface area contributed by atoms with Crippen LogP contribution in [0.5, 0.6) is 0 Å². The van der Waals surface area contributed by atoms with Crippen molar-refractivity contribution in [1.82, 2.24) is 9.78 Å². The Labute approximate surface area is 116 Å². The van der Waals surface area contributed by atoms with Gasteiger partial charge in [-0.3, -0.25) is 0 Å². The summed E-state index contributed by atoms with van der Waals surface area (Å²) >= 11 is 0. The molecule has 2 rings (SSSR count). The molecule has 1 heterocycles. The monoisotopic (exact) mass is 294 g/mol. The number of hydrogen-bond donors (Lipinski definition) is 1. The van der Waals surface area contributed by atoms with Crippen LogP contribution in [0.3, 0.4) is 0 Å². The van der Waals surface area contributed by atoms with Crippen molar-refractivity contribution >= 4 is 15.8 Å². The summed E-state index contributed by atoms with van der Waals surface area (Å²) in [7, 11) is -3.43. The molecule has 106 valence electrons. The summed E-state index contributed by atoms with van der Waals surface area (Å²) in [6, 6.07) is 6.37. The molecule has 0 saturated heterocycles. The molecule has 6 nitrogen and oxygen atoms in total. The predicted molar refractivity (Wildman–Crippen MR) is 73.1 cm³/mol. The molecule has 0 bridgehead atoms. The van der Waals surface area contributed by atoms with Crippen molar-refractivity contribution in [3.05, 3.63) is 41.2 Å². The van der Waals surface area contributed by atoms with Crippen molar-refractivity contribution < 1.29 is 18.3 Å². The fraction of sp³-hybridized carbons (Fsp3) is 0.231. The summed E-state index contributed by atoms with van der Waals surface area (Å²) in [4.78, 5) is 11.3. The number of aryl methyl sites for hydroxylation is 1. The first kappa shape index (κ1) is 14.3. The average molecular weight is 294 g/mol. The second-order valence-electron chi connectivity index (χ2n) is 4.50. The summed E-state index contributed by atoms with van der Waals surface area (Å²) in [5.74, 6) is -1.08. The number of aromatic carboxylic acids is 1. The lowest BCUT2D eigenvalue weighted by Crippen LogP contribution is -2.08. The van der Waals surface area contributed by atoms with E-state index in [1.807, 2.05) is 0 Å². The van der Waals surface area contributed by atoms with Crippen molar-refractivity contribution in [2.75, 3.05) is 6.26 Å². The molecule has 0 unspecified atom stereocenters. The van der Waals surface area contributed by atoms with E-state index in [9.17, 15) is 13.2 Å². The normalized spacial score (nSPS) is 11.6. The lowest BCUT2D eigenvalue weighted by molar-refractivity contribution is 0.0695. The first-order valence-electron chi connectivity index (χ1n) is 5.82. The summed E-state index contributed by atoms with van der Waals surface area (Å²) in [6.07, 6.45) is 1.11. The van der Waals surface area contributed by atoms with Gasteiger partial charge in [0.1, 0.15) is 5.56 Å². The molecule has 1 N–H and O–H groups in total. The second-order valence-corrected chi connectivity index (χ2v) is 6.49. The van der Waals surface area contributed by atoms with E-state index in [1.165, 1.54) is 10.7 Å². The number of aromatic nitrogens is 2. The van der Waals surface area contributed by atoms with Gasteiger partial charge in [-0.25, -0.2) is 17.9 Å². The molecular weight excluding hydrogens is 280 g/mol. The zero-order chi connectivity index (χ0) is 15.1. The standard InChI is InChI=1S/C13H14N2O4S/c1-8-12(13(16)17)9(2)15(14-8)10-6-4-5-7-11(10)20(3,18)19/h4-7H,1-3H3,(H,16,17). The molecule has 1 aromatic carbocycles. The average Bonchev–Trinajstić information content (AvgIpc) is 2.63. The highest BCUT2D eigenvalue weighted by atomic mass is 32.2. The fourth-order valence-electron chi connectivity index (χ4n) is 2.13. The molecule has 0 fully saturated rings. The molecule has 0 aliphatic carbocycles. The number of para-hydroxylation sites is 1. The minimum Gasteiger partial charge on any atom is -0.478 e. The molecule has 0 spiro atoms. The highest BCUT2D eigenvalue weighted by Gasteiger charge is 2.22. The van der Waals surface area contributed by atoms with Crippen molar-refractivity contribution in [2.24, 2.45) is 0 Å². The zero-order valence-corrected chi connectivity index (χ0v) is 12.1. The highest BCUT2D eigenvalue weighted by molar-refractivity contribution is 7.90. The van der Waals surface area contributed by atoms with Gasteiger partial charge >= 0.3 is 5.97 Å². The maximum absolute atomic E-state index is 11.8. The minimum atomic E-state index is -3.43. The highest BCUT2D eigenvalue weighted by Crippen LogP contribution is 2.23. The van der Waals surface area contributed by atoms with E-state index in [1.54, 1.807) is 32.0 Å². The van der Waals surface area contributed by atoms with Crippen LogP contribution in [0.15, 0.2) is 29.2 Å². The van der Waals surface area contributed by atoms with Crippen LogP contribution in [0.25, 0.3) is 5.69 Å². The molecule has 0 aliphatic rings. The maximum atomic E-state index is 11.8. The Bertz CT molecular complexity index is 791. The van der Waals surface area contributed by atoms with E-state index < -0.39 is 15.8 Å². The summed E-state index contributed by atoms with van der Waals surface area (Å²) in [5, 5.41) is 13.3. The molecule has 0 saturated carbocycles. The first-order valence-corrected chi connectivity index (χ1v) is 7.71. The number of hydrogen-bond acceptors (Lipinski definition) is 4. The molecule has 0 radical (unpaired) electrons. The first-order chi connectivity index (χ1) is 9.23. The van der Waals surface area contributed by atoms with E-state index in [0.29, 0.717) is 17.1 Å². The van der Waals surface area contributed by atoms with Gasteiger partial charge in [-0.05, 0) is 26.0 Å². The summed E-state index contributed by atoms with van der Waals surface area (Å²) in [5.41, 5.74) is 1.18. The lowest BCUT2D eigenvalue weighted by atomic mass is 10.2. The van der Waals surface area contributed by atoms with E-state index in [-0.39, 0.29) is 10.5 Å². The lowest BCUT2D eigenvalue weighted by Gasteiger charge is -2.09. The second kappa shape index (κ2) is 4.75. The largest absolute Gasteiger partial charge is 0.478 e. The molecule has 0 atom stereocenters. The van der Waals surface area contributed by atoms with Gasteiger partial charge in [0.15, 0.2) is 9.84 Å². The Morgan fingerprint density at radius 3 is 2.35 bits per heavy atom. The smallest absolute Gasteiger partial charge is 0.339 e. The van der Waals surface area contributed by atoms with Gasteiger partial charge in [-0.1, -0.05) is 12.1 Å². The van der Waals surface area contributed by atoms with Crippen molar-refractivity contribution in [2.45, 2.75) is 18.7 Å². The number of carboxylic acid groups (broad SMARTS) is 1. The zero-order valence-electron chi connectivity index (χ0n) is 11.3. The van der Waals surface area contributed by atoms with E-state index in [0.717, 1.165) is 6.26 Å². The van der Waals surface area contributed by atoms with Crippen molar-refractivity contribution in [3.63, 3.8) is 0 Å². The van der Waals surface area contributed by atoms with Crippen LogP contribution in [-0.2, 0) is 9.84 Å². The third-order valence-corrected chi connectivity index (χ3v) is 4.14. The molecule has 0 aliphatic heterocycles. The third-order valence-electron chi connectivity index (χ3n) is 3.00. The Kier molecular flexibility index (Phi) is 3.39. The molecule has 0 amide bonds. The minimum absolute atomic E-state index is 0.0910. The van der Waals surface area contributed by atoms with E-state index in [4.69, 9.17) is 5.11 Å². The number of carbonyl (C=O) groups is 1. The number of benzene rings is 1. The van der Waals surface area contributed by atoms with Crippen LogP contribution >= 0.6 is 0 Å². The van der Waals surface area contributed by atoms with E-state index >= 15 is 0 Å². The van der Waals surface area contributed by atoms with Crippen molar-refractivity contribution in [3.8, 4) is 5.69 Å². The quantitative estimate of drug-likeness (QED) is 0.928. The molecular formula is C13H14N2O4S. The molecule has 20 heavy (non-hydrogen) atoms. The fourth-order valence-corrected chi connectivity index (χ4v) is 2.99. The Hall–Kier alpha value is -2.15. The number of sulfone groups is 1. The Balaban J connectivity index is 2.78. The Morgan fingerprint density at radius 1 is 1.25 bits per heavy atom.